The summed E-state index contributed by atoms with van der Waals surface area (Å²) in [5.74, 6) is 0.842. The standard InChI is InChI=1S/C9H13N5O.2C7H8/c1-14(3-4-15-2)9-7-8(11-5-10-7)12-6-13-9;2*1-7-5-3-2-4-6-7/h5-6H,3-4H2,1-2H3,(H,10,11,12,13);2*2-6H,1H3. The molecule has 6 heteroatoms. The van der Waals surface area contributed by atoms with Gasteiger partial charge in [0.25, 0.3) is 0 Å². The van der Waals surface area contributed by atoms with E-state index >= 15 is 0 Å². The molecule has 0 radical (unpaired) electrons. The highest BCUT2D eigenvalue weighted by Crippen LogP contribution is 2.17. The van der Waals surface area contributed by atoms with Crippen molar-refractivity contribution in [1.82, 2.24) is 19.9 Å². The summed E-state index contributed by atoms with van der Waals surface area (Å²) in [6.07, 6.45) is 3.13. The molecule has 2 aromatic heterocycles. The average molecular weight is 392 g/mol. The molecule has 0 saturated carbocycles. The number of nitrogens with zero attached hydrogens (tertiary/aromatic N) is 4. The van der Waals surface area contributed by atoms with Crippen LogP contribution < -0.4 is 4.90 Å². The minimum atomic E-state index is 0.663. The maximum Gasteiger partial charge on any atom is 0.182 e. The molecule has 6 nitrogen and oxygen atoms in total. The number of likely N-dealkylation sites (N-methyl/N-ethyl adjacent to an activating group) is 1. The molecule has 0 aliphatic rings. The lowest BCUT2D eigenvalue weighted by molar-refractivity contribution is 0.206. The summed E-state index contributed by atoms with van der Waals surface area (Å²) in [5, 5.41) is 0. The number of imidazole rings is 1. The van der Waals surface area contributed by atoms with E-state index in [0.717, 1.165) is 17.9 Å². The smallest absolute Gasteiger partial charge is 0.182 e. The van der Waals surface area contributed by atoms with Gasteiger partial charge >= 0.3 is 0 Å². The zero-order valence-corrected chi connectivity index (χ0v) is 17.5. The van der Waals surface area contributed by atoms with Gasteiger partial charge in [0.05, 0.1) is 12.9 Å². The molecule has 152 valence electrons. The van der Waals surface area contributed by atoms with E-state index in [1.165, 1.54) is 17.5 Å². The average Bonchev–Trinajstić information content (AvgIpc) is 3.23. The number of rotatable bonds is 4. The van der Waals surface area contributed by atoms with E-state index in [0.29, 0.717) is 12.3 Å². The van der Waals surface area contributed by atoms with Crippen LogP contribution in [0.25, 0.3) is 11.2 Å². The fourth-order valence-corrected chi connectivity index (χ4v) is 2.44. The summed E-state index contributed by atoms with van der Waals surface area (Å²) < 4.78 is 5.02. The number of H-pyrrole nitrogens is 1. The zero-order chi connectivity index (χ0) is 20.9. The molecule has 0 atom stereocenters. The minimum Gasteiger partial charge on any atom is -0.383 e. The van der Waals surface area contributed by atoms with Crippen LogP contribution in [0.3, 0.4) is 0 Å². The van der Waals surface area contributed by atoms with E-state index in [9.17, 15) is 0 Å². The second-order valence-electron chi connectivity index (χ2n) is 6.52. The fourth-order valence-electron chi connectivity index (χ4n) is 2.44. The Morgan fingerprint density at radius 1 is 0.862 bits per heavy atom. The number of aromatic nitrogens is 4. The Balaban J connectivity index is 0.000000178. The van der Waals surface area contributed by atoms with Crippen LogP contribution in [-0.4, -0.2) is 47.2 Å². The van der Waals surface area contributed by atoms with E-state index < -0.39 is 0 Å². The maximum atomic E-state index is 5.02. The van der Waals surface area contributed by atoms with E-state index in [2.05, 4.69) is 58.0 Å². The van der Waals surface area contributed by atoms with Crippen LogP contribution in [0.4, 0.5) is 5.82 Å². The van der Waals surface area contributed by atoms with Gasteiger partial charge in [0.2, 0.25) is 0 Å². The van der Waals surface area contributed by atoms with Gasteiger partial charge in [0.1, 0.15) is 11.8 Å². The SMILES string of the molecule is COCCN(C)c1ncnc2nc[nH]c12.Cc1ccccc1.Cc1ccccc1. The van der Waals surface area contributed by atoms with Gasteiger partial charge in [0.15, 0.2) is 11.5 Å². The Bertz CT molecular complexity index is 904. The summed E-state index contributed by atoms with van der Waals surface area (Å²) in [6.45, 7) is 5.61. The van der Waals surface area contributed by atoms with Gasteiger partial charge in [-0.2, -0.15) is 0 Å². The van der Waals surface area contributed by atoms with Crippen molar-refractivity contribution >= 4 is 17.0 Å². The largest absolute Gasteiger partial charge is 0.383 e. The summed E-state index contributed by atoms with van der Waals surface area (Å²) in [7, 11) is 3.64. The predicted octanol–water partition coefficient (Wildman–Crippen LogP) is 4.43. The van der Waals surface area contributed by atoms with Crippen molar-refractivity contribution in [3.63, 3.8) is 0 Å². The summed E-state index contributed by atoms with van der Waals surface area (Å²) >= 11 is 0. The Hall–Kier alpha value is -3.25. The Labute approximate surface area is 172 Å². The Kier molecular flexibility index (Phi) is 9.32. The molecular formula is C23H29N5O. The first-order chi connectivity index (χ1) is 14.1. The lowest BCUT2D eigenvalue weighted by Gasteiger charge is -2.17. The number of nitrogens with one attached hydrogen (secondary N) is 1. The first-order valence-electron chi connectivity index (χ1n) is 9.49. The minimum absolute atomic E-state index is 0.663. The van der Waals surface area contributed by atoms with Gasteiger partial charge in [-0.1, -0.05) is 71.8 Å². The number of aromatic amines is 1. The Morgan fingerprint density at radius 3 is 1.93 bits per heavy atom. The van der Waals surface area contributed by atoms with Gasteiger partial charge in [-0.05, 0) is 13.8 Å². The molecule has 4 rings (SSSR count). The van der Waals surface area contributed by atoms with Crippen LogP contribution in [0.1, 0.15) is 11.1 Å². The predicted molar refractivity (Wildman–Crippen MR) is 119 cm³/mol. The number of aryl methyl sites for hydroxylation is 2. The number of methoxy groups -OCH3 is 1. The molecule has 2 heterocycles. The van der Waals surface area contributed by atoms with Gasteiger partial charge in [-0.3, -0.25) is 0 Å². The zero-order valence-electron chi connectivity index (χ0n) is 17.5. The quantitative estimate of drug-likeness (QED) is 0.558. The normalized spacial score (nSPS) is 9.79. The molecule has 0 fully saturated rings. The molecule has 1 N–H and O–H groups in total. The molecular weight excluding hydrogens is 362 g/mol. The number of anilines is 1. The van der Waals surface area contributed by atoms with Gasteiger partial charge in [-0.25, -0.2) is 15.0 Å². The molecule has 0 amide bonds. The van der Waals surface area contributed by atoms with E-state index in [1.807, 2.05) is 48.3 Å². The van der Waals surface area contributed by atoms with Crippen LogP contribution in [0, 0.1) is 13.8 Å². The second kappa shape index (κ2) is 12.3. The van der Waals surface area contributed by atoms with E-state index in [4.69, 9.17) is 4.74 Å². The highest BCUT2D eigenvalue weighted by molar-refractivity contribution is 5.82. The van der Waals surface area contributed by atoms with Crippen molar-refractivity contribution in [1.29, 1.82) is 0 Å². The topological polar surface area (TPSA) is 66.9 Å². The number of ether oxygens (including phenoxy) is 1. The first-order valence-corrected chi connectivity index (χ1v) is 9.49. The highest BCUT2D eigenvalue weighted by atomic mass is 16.5. The number of benzene rings is 2. The van der Waals surface area contributed by atoms with Crippen molar-refractivity contribution in [2.75, 3.05) is 32.2 Å². The monoisotopic (exact) mass is 391 g/mol. The lowest BCUT2D eigenvalue weighted by Crippen LogP contribution is -2.23. The third-order valence-electron chi connectivity index (χ3n) is 4.08. The van der Waals surface area contributed by atoms with Crippen molar-refractivity contribution in [2.45, 2.75) is 13.8 Å². The molecule has 0 aliphatic heterocycles. The third-order valence-corrected chi connectivity index (χ3v) is 4.08. The molecule has 0 saturated heterocycles. The van der Waals surface area contributed by atoms with Crippen molar-refractivity contribution in [3.05, 3.63) is 84.4 Å². The van der Waals surface area contributed by atoms with Crippen molar-refractivity contribution in [3.8, 4) is 0 Å². The molecule has 4 aromatic rings. The van der Waals surface area contributed by atoms with Crippen LogP contribution in [0.15, 0.2) is 73.3 Å². The lowest BCUT2D eigenvalue weighted by atomic mass is 10.2. The number of hydrogen-bond acceptors (Lipinski definition) is 5. The summed E-state index contributed by atoms with van der Waals surface area (Å²) in [6, 6.07) is 20.5. The van der Waals surface area contributed by atoms with E-state index in [-0.39, 0.29) is 0 Å². The molecule has 0 bridgehead atoms. The molecule has 0 aliphatic carbocycles. The van der Waals surface area contributed by atoms with Crippen LogP contribution in [-0.2, 0) is 4.74 Å². The molecule has 2 aromatic carbocycles. The van der Waals surface area contributed by atoms with Gasteiger partial charge in [-0.15, -0.1) is 0 Å². The van der Waals surface area contributed by atoms with Gasteiger partial charge < -0.3 is 14.6 Å². The second-order valence-corrected chi connectivity index (χ2v) is 6.52. The number of hydrogen-bond donors (Lipinski definition) is 1. The van der Waals surface area contributed by atoms with Crippen LogP contribution >= 0.6 is 0 Å². The Morgan fingerprint density at radius 2 is 1.45 bits per heavy atom. The third kappa shape index (κ3) is 7.71. The molecule has 29 heavy (non-hydrogen) atoms. The van der Waals surface area contributed by atoms with Gasteiger partial charge in [0, 0.05) is 20.7 Å². The van der Waals surface area contributed by atoms with Crippen molar-refractivity contribution in [2.24, 2.45) is 0 Å². The van der Waals surface area contributed by atoms with Crippen molar-refractivity contribution < 1.29 is 4.74 Å². The first kappa shape index (κ1) is 22.0. The molecule has 0 spiro atoms. The fraction of sp³-hybridized carbons (Fsp3) is 0.261. The van der Waals surface area contributed by atoms with Crippen LogP contribution in [0.5, 0.6) is 0 Å². The molecule has 0 unspecified atom stereocenters. The van der Waals surface area contributed by atoms with E-state index in [1.54, 1.807) is 13.4 Å². The highest BCUT2D eigenvalue weighted by Gasteiger charge is 2.09. The number of fused-ring (bicyclic) bond motifs is 1. The summed E-state index contributed by atoms with van der Waals surface area (Å²) in [4.78, 5) is 17.4. The van der Waals surface area contributed by atoms with Crippen LogP contribution in [0.2, 0.25) is 0 Å². The summed E-state index contributed by atoms with van der Waals surface area (Å²) in [5.41, 5.74) is 4.19. The maximum absolute atomic E-state index is 5.02.